The molecule has 1 heteroatoms. The second kappa shape index (κ2) is 3.75. The third-order valence-electron chi connectivity index (χ3n) is 5.55. The van der Waals surface area contributed by atoms with Crippen molar-refractivity contribution in [1.29, 1.82) is 0 Å². The molecule has 0 aliphatic heterocycles. The van der Waals surface area contributed by atoms with Crippen molar-refractivity contribution in [2.24, 2.45) is 5.41 Å². The lowest BCUT2D eigenvalue weighted by atomic mass is 9.66. The molecule has 2 aromatic rings. The smallest absolute Gasteiger partial charge is 0.116 e. The zero-order chi connectivity index (χ0) is 13.0. The van der Waals surface area contributed by atoms with Gasteiger partial charge in [0.25, 0.3) is 0 Å². The molecule has 1 saturated carbocycles. The van der Waals surface area contributed by atoms with Crippen LogP contribution in [-0.4, -0.2) is 5.11 Å². The van der Waals surface area contributed by atoms with Crippen LogP contribution in [0.15, 0.2) is 30.3 Å². The lowest BCUT2D eigenvalue weighted by Gasteiger charge is -2.38. The highest BCUT2D eigenvalue weighted by Crippen LogP contribution is 2.56. The van der Waals surface area contributed by atoms with Crippen LogP contribution in [0.1, 0.15) is 49.7 Å². The molecule has 0 radical (unpaired) electrons. The molecule has 0 saturated heterocycles. The lowest BCUT2D eigenvalue weighted by molar-refractivity contribution is 0.253. The van der Waals surface area contributed by atoms with Crippen LogP contribution in [-0.2, 0) is 6.42 Å². The number of aromatic hydroxyl groups is 1. The molecule has 0 bridgehead atoms. The first-order valence-corrected chi connectivity index (χ1v) is 7.42. The van der Waals surface area contributed by atoms with E-state index in [1.54, 1.807) is 11.1 Å². The minimum atomic E-state index is 0.369. The second-order valence-electron chi connectivity index (χ2n) is 6.64. The van der Waals surface area contributed by atoms with Gasteiger partial charge in [-0.25, -0.2) is 0 Å². The maximum Gasteiger partial charge on any atom is 0.116 e. The van der Waals surface area contributed by atoms with Crippen LogP contribution >= 0.6 is 0 Å². The summed E-state index contributed by atoms with van der Waals surface area (Å²) in [6, 6.07) is 10.3. The summed E-state index contributed by atoms with van der Waals surface area (Å²) in [4.78, 5) is 0. The highest BCUT2D eigenvalue weighted by molar-refractivity contribution is 5.88. The SMILES string of the molecule is C[C@@]12CCCC1c1ccc3cc(O)ccc3c1CC2. The van der Waals surface area contributed by atoms with E-state index in [0.29, 0.717) is 11.2 Å². The molecule has 1 N–H and O–H groups in total. The molecule has 98 valence electrons. The van der Waals surface area contributed by atoms with Gasteiger partial charge < -0.3 is 5.11 Å². The van der Waals surface area contributed by atoms with Gasteiger partial charge in [-0.2, -0.15) is 0 Å². The first-order valence-electron chi connectivity index (χ1n) is 7.42. The summed E-state index contributed by atoms with van der Waals surface area (Å²) >= 11 is 0. The van der Waals surface area contributed by atoms with Crippen LogP contribution in [0.3, 0.4) is 0 Å². The van der Waals surface area contributed by atoms with Crippen molar-refractivity contribution >= 4 is 10.8 Å². The molecule has 1 nitrogen and oxygen atoms in total. The van der Waals surface area contributed by atoms with Crippen molar-refractivity contribution in [1.82, 2.24) is 0 Å². The number of phenolic OH excluding ortho intramolecular Hbond substituents is 1. The molecule has 0 amide bonds. The van der Waals surface area contributed by atoms with Crippen LogP contribution in [0.4, 0.5) is 0 Å². The van der Waals surface area contributed by atoms with E-state index in [1.807, 2.05) is 12.1 Å². The Morgan fingerprint density at radius 3 is 2.95 bits per heavy atom. The topological polar surface area (TPSA) is 20.2 Å². The van der Waals surface area contributed by atoms with Crippen LogP contribution < -0.4 is 0 Å². The fourth-order valence-electron chi connectivity index (χ4n) is 4.48. The second-order valence-corrected chi connectivity index (χ2v) is 6.64. The van der Waals surface area contributed by atoms with Gasteiger partial charge >= 0.3 is 0 Å². The number of phenols is 1. The average Bonchev–Trinajstić information content (AvgIpc) is 2.79. The van der Waals surface area contributed by atoms with Crippen molar-refractivity contribution in [3.63, 3.8) is 0 Å². The van der Waals surface area contributed by atoms with Gasteiger partial charge in [-0.3, -0.25) is 0 Å². The van der Waals surface area contributed by atoms with Crippen molar-refractivity contribution in [2.75, 3.05) is 0 Å². The molecule has 2 atom stereocenters. The molecular formula is C18H20O. The van der Waals surface area contributed by atoms with E-state index in [0.717, 1.165) is 5.92 Å². The number of hydrogen-bond acceptors (Lipinski definition) is 1. The summed E-state index contributed by atoms with van der Waals surface area (Å²) in [5.41, 5.74) is 3.67. The van der Waals surface area contributed by atoms with Gasteiger partial charge in [-0.15, -0.1) is 0 Å². The minimum Gasteiger partial charge on any atom is -0.508 e. The summed E-state index contributed by atoms with van der Waals surface area (Å²) in [7, 11) is 0. The maximum atomic E-state index is 9.63. The molecule has 19 heavy (non-hydrogen) atoms. The molecule has 0 heterocycles. The standard InChI is InChI=1S/C18H20O/c1-18-9-2-3-17(18)16-6-4-12-11-13(19)5-7-14(12)15(16)8-10-18/h4-7,11,17,19H,2-3,8-10H2,1H3/t17?,18-/m0/s1. The summed E-state index contributed by atoms with van der Waals surface area (Å²) in [6.07, 6.45) is 6.65. The summed E-state index contributed by atoms with van der Waals surface area (Å²) in [5.74, 6) is 1.13. The molecule has 4 rings (SSSR count). The van der Waals surface area contributed by atoms with Crippen LogP contribution in [0, 0.1) is 5.41 Å². The molecule has 2 aromatic carbocycles. The first kappa shape index (κ1) is 11.3. The van der Waals surface area contributed by atoms with Crippen molar-refractivity contribution < 1.29 is 5.11 Å². The quantitative estimate of drug-likeness (QED) is 0.716. The highest BCUT2D eigenvalue weighted by Gasteiger charge is 2.42. The van der Waals surface area contributed by atoms with E-state index >= 15 is 0 Å². The predicted octanol–water partition coefficient (Wildman–Crippen LogP) is 4.77. The first-order chi connectivity index (χ1) is 9.17. The molecule has 2 aliphatic carbocycles. The average molecular weight is 252 g/mol. The van der Waals surface area contributed by atoms with Gasteiger partial charge in [0.2, 0.25) is 0 Å². The minimum absolute atomic E-state index is 0.369. The van der Waals surface area contributed by atoms with Gasteiger partial charge in [0.15, 0.2) is 0 Å². The third-order valence-corrected chi connectivity index (χ3v) is 5.55. The van der Waals surface area contributed by atoms with Crippen molar-refractivity contribution in [2.45, 2.75) is 44.9 Å². The van der Waals surface area contributed by atoms with E-state index in [2.05, 4.69) is 25.1 Å². The van der Waals surface area contributed by atoms with E-state index in [4.69, 9.17) is 0 Å². The van der Waals surface area contributed by atoms with Crippen LogP contribution in [0.5, 0.6) is 5.75 Å². The zero-order valence-electron chi connectivity index (χ0n) is 11.4. The van der Waals surface area contributed by atoms with Gasteiger partial charge in [0.1, 0.15) is 5.75 Å². The molecule has 1 unspecified atom stereocenters. The van der Waals surface area contributed by atoms with Crippen molar-refractivity contribution in [3.05, 3.63) is 41.5 Å². The fourth-order valence-corrected chi connectivity index (χ4v) is 4.48. The normalized spacial score (nSPS) is 29.2. The van der Waals surface area contributed by atoms with E-state index in [-0.39, 0.29) is 0 Å². The third kappa shape index (κ3) is 1.54. The van der Waals surface area contributed by atoms with Crippen LogP contribution in [0.2, 0.25) is 0 Å². The van der Waals surface area contributed by atoms with Gasteiger partial charge in [-0.05, 0) is 71.0 Å². The highest BCUT2D eigenvalue weighted by atomic mass is 16.3. The number of fused-ring (bicyclic) bond motifs is 5. The Balaban J connectivity index is 1.95. The number of benzene rings is 2. The molecular weight excluding hydrogens is 232 g/mol. The lowest BCUT2D eigenvalue weighted by Crippen LogP contribution is -2.26. The largest absolute Gasteiger partial charge is 0.508 e. The summed E-state index contributed by atoms with van der Waals surface area (Å²) < 4.78 is 0. The Hall–Kier alpha value is -1.50. The van der Waals surface area contributed by atoms with Gasteiger partial charge in [-0.1, -0.05) is 31.5 Å². The Morgan fingerprint density at radius 2 is 2.05 bits per heavy atom. The van der Waals surface area contributed by atoms with Crippen molar-refractivity contribution in [3.8, 4) is 5.75 Å². The zero-order valence-corrected chi connectivity index (χ0v) is 11.4. The Labute approximate surface area is 114 Å². The Morgan fingerprint density at radius 1 is 1.16 bits per heavy atom. The maximum absolute atomic E-state index is 9.63. The van der Waals surface area contributed by atoms with E-state index < -0.39 is 0 Å². The van der Waals surface area contributed by atoms with Gasteiger partial charge in [0, 0.05) is 0 Å². The summed E-state index contributed by atoms with van der Waals surface area (Å²) in [5, 5.41) is 12.2. The Kier molecular flexibility index (Phi) is 2.24. The summed E-state index contributed by atoms with van der Waals surface area (Å²) in [6.45, 7) is 2.48. The van der Waals surface area contributed by atoms with Crippen LogP contribution in [0.25, 0.3) is 10.8 Å². The molecule has 2 aliphatic rings. The molecule has 0 spiro atoms. The predicted molar refractivity (Wildman–Crippen MR) is 78.6 cm³/mol. The number of aryl methyl sites for hydroxylation is 1. The number of hydrogen-bond donors (Lipinski definition) is 1. The van der Waals surface area contributed by atoms with E-state index in [9.17, 15) is 5.11 Å². The molecule has 1 fully saturated rings. The Bertz CT molecular complexity index is 658. The van der Waals surface area contributed by atoms with Gasteiger partial charge in [0.05, 0.1) is 0 Å². The fraction of sp³-hybridized carbons (Fsp3) is 0.444. The molecule has 0 aromatic heterocycles. The monoisotopic (exact) mass is 252 g/mol. The van der Waals surface area contributed by atoms with E-state index in [1.165, 1.54) is 42.9 Å². The number of rotatable bonds is 0.